The fraction of sp³-hybridized carbons (Fsp3) is 0.0833. The molecule has 3 heterocycles. The highest BCUT2D eigenvalue weighted by molar-refractivity contribution is 8.00. The first-order valence-electron chi connectivity index (χ1n) is 9.64. The maximum atomic E-state index is 12.2. The summed E-state index contributed by atoms with van der Waals surface area (Å²) in [5.74, 6) is 6.30. The Balaban J connectivity index is 1.58. The van der Waals surface area contributed by atoms with Crippen molar-refractivity contribution < 1.29 is 9.53 Å². The molecule has 0 aliphatic carbocycles. The van der Waals surface area contributed by atoms with Gasteiger partial charge in [0.1, 0.15) is 10.8 Å². The third-order valence-electron chi connectivity index (χ3n) is 4.38. The van der Waals surface area contributed by atoms with Gasteiger partial charge in [-0.1, -0.05) is 24.0 Å². The molecule has 1 N–H and O–H groups in total. The number of imidazole rings is 1. The van der Waals surface area contributed by atoms with E-state index in [9.17, 15) is 4.79 Å². The molecule has 8 heteroatoms. The summed E-state index contributed by atoms with van der Waals surface area (Å²) in [6, 6.07) is 14.8. The van der Waals surface area contributed by atoms with E-state index in [1.807, 2.05) is 54.2 Å². The van der Waals surface area contributed by atoms with Crippen LogP contribution >= 0.6 is 11.9 Å². The maximum absolute atomic E-state index is 12.2. The van der Waals surface area contributed by atoms with Crippen molar-refractivity contribution in [2.24, 2.45) is 7.05 Å². The number of carbonyl (C=O) groups is 1. The van der Waals surface area contributed by atoms with E-state index >= 15 is 0 Å². The van der Waals surface area contributed by atoms with Gasteiger partial charge in [0.2, 0.25) is 0 Å². The minimum atomic E-state index is -0.432. The smallest absolute Gasteiger partial charge is 0.338 e. The van der Waals surface area contributed by atoms with E-state index in [-0.39, 0.29) is 0 Å². The molecule has 0 aliphatic rings. The van der Waals surface area contributed by atoms with Crippen LogP contribution in [0.1, 0.15) is 21.5 Å². The fourth-order valence-electron chi connectivity index (χ4n) is 2.82. The van der Waals surface area contributed by atoms with E-state index in [1.54, 1.807) is 30.9 Å². The minimum Gasteiger partial charge on any atom is -0.465 e. The molecule has 0 aliphatic heterocycles. The number of aromatic nitrogens is 4. The molecule has 158 valence electrons. The second-order valence-corrected chi connectivity index (χ2v) is 7.59. The van der Waals surface area contributed by atoms with E-state index < -0.39 is 5.97 Å². The Labute approximate surface area is 190 Å². The Morgan fingerprint density at radius 1 is 1.12 bits per heavy atom. The number of anilines is 1. The Bertz CT molecular complexity index is 1290. The van der Waals surface area contributed by atoms with Crippen LogP contribution < -0.4 is 4.72 Å². The molecule has 0 unspecified atom stereocenters. The Morgan fingerprint density at radius 3 is 2.62 bits per heavy atom. The molecule has 32 heavy (non-hydrogen) atoms. The van der Waals surface area contributed by atoms with E-state index in [0.29, 0.717) is 17.1 Å². The molecular formula is C24H19N5O2S. The Kier molecular flexibility index (Phi) is 6.49. The summed E-state index contributed by atoms with van der Waals surface area (Å²) < 4.78 is 9.90. The van der Waals surface area contributed by atoms with Crippen LogP contribution in [0.2, 0.25) is 0 Å². The zero-order chi connectivity index (χ0) is 22.3. The van der Waals surface area contributed by atoms with Crippen LogP contribution in [-0.2, 0) is 11.8 Å². The molecule has 4 rings (SSSR count). The normalized spacial score (nSPS) is 10.2. The van der Waals surface area contributed by atoms with Gasteiger partial charge < -0.3 is 14.0 Å². The highest BCUT2D eigenvalue weighted by Gasteiger charge is 2.12. The van der Waals surface area contributed by atoms with Crippen molar-refractivity contribution in [2.45, 2.75) is 5.03 Å². The lowest BCUT2D eigenvalue weighted by atomic mass is 10.1. The average molecular weight is 442 g/mol. The second-order valence-electron chi connectivity index (χ2n) is 6.77. The molecule has 7 nitrogen and oxygen atoms in total. The summed E-state index contributed by atoms with van der Waals surface area (Å²) in [6.07, 6.45) is 7.04. The lowest BCUT2D eigenvalue weighted by Crippen LogP contribution is -2.04. The van der Waals surface area contributed by atoms with Crippen LogP contribution in [0, 0.1) is 11.8 Å². The lowest BCUT2D eigenvalue weighted by molar-refractivity contribution is 0.0600. The number of nitrogens with one attached hydrogen (secondary N) is 1. The molecular weight excluding hydrogens is 422 g/mol. The Morgan fingerprint density at radius 2 is 1.94 bits per heavy atom. The summed E-state index contributed by atoms with van der Waals surface area (Å²) in [5, 5.41) is 0.788. The zero-order valence-corrected chi connectivity index (χ0v) is 18.3. The van der Waals surface area contributed by atoms with Gasteiger partial charge >= 0.3 is 5.97 Å². The highest BCUT2D eigenvalue weighted by Crippen LogP contribution is 2.25. The standard InChI is InChI=1S/C24H19N5O2S/c1-29-15-23(26-16-29)32-28-22-13-20(24(30)31-2)12-21(27-22)19-9-7-17(8-10-19)5-6-18-4-3-11-25-14-18/h3-4,7-16H,1-2H3,(H,27,28). The molecule has 0 atom stereocenters. The van der Waals surface area contributed by atoms with Crippen LogP contribution in [-0.4, -0.2) is 32.6 Å². The summed E-state index contributed by atoms with van der Waals surface area (Å²) >= 11 is 1.31. The van der Waals surface area contributed by atoms with Gasteiger partial charge in [-0.15, -0.1) is 0 Å². The second kappa shape index (κ2) is 9.81. The first-order valence-corrected chi connectivity index (χ1v) is 10.5. The van der Waals surface area contributed by atoms with E-state index in [2.05, 4.69) is 31.5 Å². The number of methoxy groups -OCH3 is 1. The molecule has 0 fully saturated rings. The van der Waals surface area contributed by atoms with Crippen LogP contribution in [0.25, 0.3) is 11.3 Å². The minimum absolute atomic E-state index is 0.405. The molecule has 0 bridgehead atoms. The molecule has 0 spiro atoms. The predicted molar refractivity (Wildman–Crippen MR) is 124 cm³/mol. The van der Waals surface area contributed by atoms with E-state index in [4.69, 9.17) is 4.74 Å². The van der Waals surface area contributed by atoms with Crippen LogP contribution in [0.4, 0.5) is 5.82 Å². The third-order valence-corrected chi connectivity index (χ3v) is 5.11. The monoisotopic (exact) mass is 441 g/mol. The average Bonchev–Trinajstić information content (AvgIpc) is 3.26. The van der Waals surface area contributed by atoms with Crippen LogP contribution in [0.15, 0.2) is 78.5 Å². The number of nitrogens with zero attached hydrogens (tertiary/aromatic N) is 4. The van der Waals surface area contributed by atoms with Gasteiger partial charge in [0.25, 0.3) is 0 Å². The van der Waals surface area contributed by atoms with Gasteiger partial charge in [0, 0.05) is 54.3 Å². The van der Waals surface area contributed by atoms with Gasteiger partial charge in [-0.25, -0.2) is 14.8 Å². The largest absolute Gasteiger partial charge is 0.465 e. The van der Waals surface area contributed by atoms with Crippen molar-refractivity contribution in [1.29, 1.82) is 0 Å². The van der Waals surface area contributed by atoms with Crippen molar-refractivity contribution in [3.8, 4) is 23.1 Å². The van der Waals surface area contributed by atoms with Crippen LogP contribution in [0.5, 0.6) is 0 Å². The molecule has 0 saturated carbocycles. The number of carbonyl (C=O) groups excluding carboxylic acids is 1. The van der Waals surface area contributed by atoms with Crippen molar-refractivity contribution >= 4 is 23.7 Å². The predicted octanol–water partition coefficient (Wildman–Crippen LogP) is 4.18. The van der Waals surface area contributed by atoms with Crippen molar-refractivity contribution in [1.82, 2.24) is 19.5 Å². The van der Waals surface area contributed by atoms with Gasteiger partial charge in [-0.2, -0.15) is 0 Å². The van der Waals surface area contributed by atoms with E-state index in [1.165, 1.54) is 19.1 Å². The van der Waals surface area contributed by atoms with E-state index in [0.717, 1.165) is 21.7 Å². The number of rotatable bonds is 5. The maximum Gasteiger partial charge on any atom is 0.338 e. The third kappa shape index (κ3) is 5.33. The molecule has 0 amide bonds. The van der Waals surface area contributed by atoms with Gasteiger partial charge in [-0.05, 0) is 36.4 Å². The SMILES string of the molecule is COC(=O)c1cc(NSc2cn(C)cn2)nc(-c2ccc(C#Cc3cccnc3)cc2)c1. The summed E-state index contributed by atoms with van der Waals surface area (Å²) in [6.45, 7) is 0. The molecule has 3 aromatic heterocycles. The van der Waals surface area contributed by atoms with Gasteiger partial charge in [0.15, 0.2) is 0 Å². The first kappa shape index (κ1) is 21.2. The zero-order valence-electron chi connectivity index (χ0n) is 17.4. The van der Waals surface area contributed by atoms with Crippen molar-refractivity contribution in [3.05, 3.63) is 90.1 Å². The van der Waals surface area contributed by atoms with Crippen molar-refractivity contribution in [2.75, 3.05) is 11.8 Å². The number of hydrogen-bond acceptors (Lipinski definition) is 7. The summed E-state index contributed by atoms with van der Waals surface area (Å²) in [4.78, 5) is 25.1. The number of aryl methyl sites for hydroxylation is 1. The number of hydrogen-bond donors (Lipinski definition) is 1. The quantitative estimate of drug-likeness (QED) is 0.283. The van der Waals surface area contributed by atoms with Crippen LogP contribution in [0.3, 0.4) is 0 Å². The number of esters is 1. The number of ether oxygens (including phenoxy) is 1. The summed E-state index contributed by atoms with van der Waals surface area (Å²) in [5.41, 5.74) is 3.62. The topological polar surface area (TPSA) is 81.9 Å². The first-order chi connectivity index (χ1) is 15.6. The lowest BCUT2D eigenvalue weighted by Gasteiger charge is -2.09. The molecule has 1 aromatic carbocycles. The number of pyridine rings is 2. The molecule has 0 radical (unpaired) electrons. The fourth-order valence-corrected chi connectivity index (χ4v) is 3.45. The summed E-state index contributed by atoms with van der Waals surface area (Å²) in [7, 11) is 3.25. The highest BCUT2D eigenvalue weighted by atomic mass is 32.2. The van der Waals surface area contributed by atoms with Gasteiger partial charge in [-0.3, -0.25) is 4.98 Å². The Hall–Kier alpha value is -4.09. The van der Waals surface area contributed by atoms with Crippen molar-refractivity contribution in [3.63, 3.8) is 0 Å². The van der Waals surface area contributed by atoms with Gasteiger partial charge in [0.05, 0.1) is 24.7 Å². The molecule has 0 saturated heterocycles. The molecule has 4 aromatic rings. The number of benzene rings is 1.